The molecule has 6 nitrogen and oxygen atoms in total. The minimum Gasteiger partial charge on any atom is -0.494 e. The van der Waals surface area contributed by atoms with Gasteiger partial charge in [-0.1, -0.05) is 25.5 Å². The van der Waals surface area contributed by atoms with Crippen molar-refractivity contribution in [1.82, 2.24) is 15.4 Å². The number of aromatic nitrogens is 2. The van der Waals surface area contributed by atoms with Crippen LogP contribution in [0.25, 0.3) is 11.0 Å². The van der Waals surface area contributed by atoms with Gasteiger partial charge in [0.1, 0.15) is 5.75 Å². The molecule has 0 spiro atoms. The molecule has 1 aromatic heterocycles. The number of ether oxygens (including phenoxy) is 1. The molecule has 7 heteroatoms. The Morgan fingerprint density at radius 2 is 2.08 bits per heavy atom. The molecular formula is C19H20N4O2S. The molecule has 1 amide bonds. The van der Waals surface area contributed by atoms with Crippen molar-refractivity contribution < 1.29 is 9.53 Å². The maximum atomic E-state index is 12.2. The van der Waals surface area contributed by atoms with Gasteiger partial charge < -0.3 is 14.7 Å². The number of hydrogen-bond acceptors (Lipinski definition) is 4. The Labute approximate surface area is 156 Å². The summed E-state index contributed by atoms with van der Waals surface area (Å²) in [5, 5.41) is 4.02. The molecule has 3 N–H and O–H groups in total. The second-order valence-electron chi connectivity index (χ2n) is 5.81. The van der Waals surface area contributed by atoms with E-state index in [1.807, 2.05) is 24.3 Å². The largest absolute Gasteiger partial charge is 0.494 e. The van der Waals surface area contributed by atoms with Crippen LogP contribution in [0.3, 0.4) is 0 Å². The van der Waals surface area contributed by atoms with E-state index in [1.165, 1.54) is 0 Å². The average molecular weight is 368 g/mol. The number of nitrogens with zero attached hydrogens (tertiary/aromatic N) is 1. The Bertz CT molecular complexity index is 990. The smallest absolute Gasteiger partial charge is 0.271 e. The van der Waals surface area contributed by atoms with E-state index < -0.39 is 0 Å². The number of amides is 1. The lowest BCUT2D eigenvalue weighted by atomic mass is 10.2. The molecule has 3 rings (SSSR count). The quantitative estimate of drug-likeness (QED) is 0.253. The van der Waals surface area contributed by atoms with Gasteiger partial charge in [-0.2, -0.15) is 5.10 Å². The van der Waals surface area contributed by atoms with Crippen LogP contribution in [-0.4, -0.2) is 28.7 Å². The third-order valence-electron chi connectivity index (χ3n) is 3.78. The van der Waals surface area contributed by atoms with Gasteiger partial charge in [0.15, 0.2) is 4.77 Å². The summed E-state index contributed by atoms with van der Waals surface area (Å²) in [6.45, 7) is 2.81. The zero-order chi connectivity index (χ0) is 18.4. The molecular weight excluding hydrogens is 348 g/mol. The molecule has 0 bridgehead atoms. The normalized spacial score (nSPS) is 11.1. The molecule has 1 heterocycles. The van der Waals surface area contributed by atoms with Crippen molar-refractivity contribution >= 4 is 35.4 Å². The third kappa shape index (κ3) is 4.58. The molecule has 2 aromatic carbocycles. The minimum atomic E-state index is -0.293. The summed E-state index contributed by atoms with van der Waals surface area (Å²) in [5.41, 5.74) is 5.52. The van der Waals surface area contributed by atoms with Gasteiger partial charge in [0.2, 0.25) is 0 Å². The lowest BCUT2D eigenvalue weighted by Gasteiger charge is -2.05. The highest BCUT2D eigenvalue weighted by atomic mass is 32.1. The van der Waals surface area contributed by atoms with Crippen molar-refractivity contribution in [3.05, 3.63) is 58.4 Å². The Balaban J connectivity index is 1.62. The standard InChI is InChI=1S/C19H20N4O2S/c1-2-3-9-25-15-6-4-5-13(10-15)12-20-23-18(24)14-7-8-16-17(11-14)22-19(26)21-16/h4-8,10-12H,2-3,9H2,1H3,(H,23,24)(H2,21,22,26)/b20-12-. The minimum absolute atomic E-state index is 0.293. The van der Waals surface area contributed by atoms with Crippen molar-refractivity contribution in [2.75, 3.05) is 6.61 Å². The van der Waals surface area contributed by atoms with Gasteiger partial charge in [-0.25, -0.2) is 5.43 Å². The highest BCUT2D eigenvalue weighted by Gasteiger charge is 2.06. The number of unbranched alkanes of at least 4 members (excludes halogenated alkanes) is 1. The number of carbonyl (C=O) groups excluding carboxylic acids is 1. The Kier molecular flexibility index (Phi) is 5.80. The van der Waals surface area contributed by atoms with Gasteiger partial charge in [0, 0.05) is 5.56 Å². The number of imidazole rings is 1. The molecule has 0 radical (unpaired) electrons. The maximum absolute atomic E-state index is 12.2. The van der Waals surface area contributed by atoms with Crippen LogP contribution in [0.2, 0.25) is 0 Å². The van der Waals surface area contributed by atoms with Crippen LogP contribution < -0.4 is 10.2 Å². The lowest BCUT2D eigenvalue weighted by molar-refractivity contribution is 0.0955. The van der Waals surface area contributed by atoms with E-state index >= 15 is 0 Å². The van der Waals surface area contributed by atoms with E-state index in [1.54, 1.807) is 24.4 Å². The van der Waals surface area contributed by atoms with Crippen molar-refractivity contribution in [1.29, 1.82) is 0 Å². The number of aromatic amines is 2. The van der Waals surface area contributed by atoms with E-state index in [4.69, 9.17) is 17.0 Å². The van der Waals surface area contributed by atoms with Gasteiger partial charge >= 0.3 is 0 Å². The van der Waals surface area contributed by atoms with Crippen LogP contribution in [0.5, 0.6) is 5.75 Å². The molecule has 0 unspecified atom stereocenters. The first kappa shape index (κ1) is 17.9. The second kappa shape index (κ2) is 8.44. The zero-order valence-electron chi connectivity index (χ0n) is 14.4. The van der Waals surface area contributed by atoms with E-state index in [0.717, 1.165) is 35.2 Å². The van der Waals surface area contributed by atoms with E-state index in [-0.39, 0.29) is 5.91 Å². The lowest BCUT2D eigenvalue weighted by Crippen LogP contribution is -2.17. The number of rotatable bonds is 7. The molecule has 0 aliphatic rings. The molecule has 0 fully saturated rings. The second-order valence-corrected chi connectivity index (χ2v) is 6.22. The van der Waals surface area contributed by atoms with Gasteiger partial charge in [-0.3, -0.25) is 4.79 Å². The summed E-state index contributed by atoms with van der Waals surface area (Å²) >= 11 is 5.04. The average Bonchev–Trinajstić information content (AvgIpc) is 3.01. The molecule has 0 atom stereocenters. The van der Waals surface area contributed by atoms with Crippen molar-refractivity contribution in [2.45, 2.75) is 19.8 Å². The molecule has 134 valence electrons. The summed E-state index contributed by atoms with van der Waals surface area (Å²) in [4.78, 5) is 18.2. The first-order valence-electron chi connectivity index (χ1n) is 8.44. The molecule has 0 aliphatic carbocycles. The summed E-state index contributed by atoms with van der Waals surface area (Å²) in [5.74, 6) is 0.501. The fourth-order valence-electron chi connectivity index (χ4n) is 2.42. The predicted molar refractivity (Wildman–Crippen MR) is 105 cm³/mol. The van der Waals surface area contributed by atoms with Crippen molar-refractivity contribution in [3.63, 3.8) is 0 Å². The number of nitrogens with one attached hydrogen (secondary N) is 3. The number of H-pyrrole nitrogens is 2. The van der Waals surface area contributed by atoms with Crippen LogP contribution in [0.4, 0.5) is 0 Å². The molecule has 3 aromatic rings. The molecule has 26 heavy (non-hydrogen) atoms. The first-order chi connectivity index (χ1) is 12.7. The number of benzene rings is 2. The van der Waals surface area contributed by atoms with E-state index in [2.05, 4.69) is 27.4 Å². The monoisotopic (exact) mass is 368 g/mol. The third-order valence-corrected chi connectivity index (χ3v) is 3.99. The highest BCUT2D eigenvalue weighted by molar-refractivity contribution is 7.71. The topological polar surface area (TPSA) is 82.3 Å². The highest BCUT2D eigenvalue weighted by Crippen LogP contribution is 2.13. The number of hydrogen-bond donors (Lipinski definition) is 3. The summed E-state index contributed by atoms with van der Waals surface area (Å²) in [6.07, 6.45) is 3.70. The van der Waals surface area contributed by atoms with E-state index in [0.29, 0.717) is 16.9 Å². The van der Waals surface area contributed by atoms with Crippen molar-refractivity contribution in [3.8, 4) is 5.75 Å². The molecule has 0 saturated heterocycles. The number of carbonyl (C=O) groups is 1. The number of hydrazone groups is 1. The van der Waals surface area contributed by atoms with Crippen molar-refractivity contribution in [2.24, 2.45) is 5.10 Å². The van der Waals surface area contributed by atoms with Crippen LogP contribution in [0.15, 0.2) is 47.6 Å². The van der Waals surface area contributed by atoms with Gasteiger partial charge in [0.05, 0.1) is 23.9 Å². The summed E-state index contributed by atoms with van der Waals surface area (Å²) < 4.78 is 6.19. The fourth-order valence-corrected chi connectivity index (χ4v) is 2.64. The Hall–Kier alpha value is -2.93. The van der Waals surface area contributed by atoms with Gasteiger partial charge in [-0.15, -0.1) is 0 Å². The first-order valence-corrected chi connectivity index (χ1v) is 8.85. The summed E-state index contributed by atoms with van der Waals surface area (Å²) in [6, 6.07) is 12.8. The Morgan fingerprint density at radius 1 is 1.23 bits per heavy atom. The zero-order valence-corrected chi connectivity index (χ0v) is 15.2. The SMILES string of the molecule is CCCCOc1cccc(/C=N\NC(=O)c2ccc3[nH]c(=S)[nH]c3c2)c1. The molecule has 0 saturated carbocycles. The summed E-state index contributed by atoms with van der Waals surface area (Å²) in [7, 11) is 0. The van der Waals surface area contributed by atoms with E-state index in [9.17, 15) is 4.79 Å². The maximum Gasteiger partial charge on any atom is 0.271 e. The number of fused-ring (bicyclic) bond motifs is 1. The fraction of sp³-hybridized carbons (Fsp3) is 0.211. The van der Waals surface area contributed by atoms with Crippen LogP contribution in [0, 0.1) is 4.77 Å². The van der Waals surface area contributed by atoms with Gasteiger partial charge in [-0.05, 0) is 54.5 Å². The van der Waals surface area contributed by atoms with Crippen LogP contribution in [0.1, 0.15) is 35.7 Å². The predicted octanol–water partition coefficient (Wildman–Crippen LogP) is 4.17. The van der Waals surface area contributed by atoms with Crippen LogP contribution >= 0.6 is 12.2 Å². The Morgan fingerprint density at radius 3 is 2.92 bits per heavy atom. The van der Waals surface area contributed by atoms with Gasteiger partial charge in [0.25, 0.3) is 5.91 Å². The molecule has 0 aliphatic heterocycles. The van der Waals surface area contributed by atoms with Crippen LogP contribution in [-0.2, 0) is 0 Å².